The molecule has 1 unspecified atom stereocenters. The molecule has 1 N–H and O–H groups in total. The van der Waals surface area contributed by atoms with E-state index in [-0.39, 0.29) is 11.4 Å². The van der Waals surface area contributed by atoms with Crippen LogP contribution < -0.4 is 0 Å². The fourth-order valence-corrected chi connectivity index (χ4v) is 6.05. The number of carbonyl (C=O) groups is 1. The van der Waals surface area contributed by atoms with Crippen molar-refractivity contribution in [3.63, 3.8) is 0 Å². The van der Waals surface area contributed by atoms with Crippen molar-refractivity contribution >= 4 is 5.97 Å². The molecule has 0 aliphatic carbocycles. The smallest absolute Gasteiger partial charge is 0.302 e. The van der Waals surface area contributed by atoms with Crippen LogP contribution in [0.15, 0.2) is 95.4 Å². The van der Waals surface area contributed by atoms with Crippen LogP contribution in [0.5, 0.6) is 0 Å². The number of ether oxygens (including phenoxy) is 1. The number of piperidine rings is 1. The lowest BCUT2D eigenvalue weighted by Crippen LogP contribution is -2.49. The molecular weight excluding hydrogens is 502 g/mol. The number of aliphatic hydroxyl groups excluding tert-OH is 1. The van der Waals surface area contributed by atoms with Gasteiger partial charge in [0.25, 0.3) is 0 Å². The minimum Gasteiger partial charge on any atom is -0.465 e. The summed E-state index contributed by atoms with van der Waals surface area (Å²) in [7, 11) is 0. The zero-order valence-electron chi connectivity index (χ0n) is 23.2. The SMILES string of the molecule is CC(=O)OCC1(c2ccccc2)CCN(C(O)CCC(c2ccccc2)(c2ccccc2)c2nnc(C)o2)CC1. The molecule has 0 saturated carbocycles. The van der Waals surface area contributed by atoms with Crippen molar-refractivity contribution < 1.29 is 19.1 Å². The number of benzene rings is 3. The van der Waals surface area contributed by atoms with E-state index in [2.05, 4.69) is 51.5 Å². The maximum atomic E-state index is 11.7. The Morgan fingerprint density at radius 3 is 2.00 bits per heavy atom. The lowest BCUT2D eigenvalue weighted by molar-refractivity contribution is -0.144. The van der Waals surface area contributed by atoms with Crippen molar-refractivity contribution in [1.29, 1.82) is 0 Å². The van der Waals surface area contributed by atoms with E-state index >= 15 is 0 Å². The first-order valence-corrected chi connectivity index (χ1v) is 14.0. The van der Waals surface area contributed by atoms with E-state index in [1.165, 1.54) is 12.5 Å². The summed E-state index contributed by atoms with van der Waals surface area (Å²) in [5, 5.41) is 20.2. The van der Waals surface area contributed by atoms with Crippen LogP contribution >= 0.6 is 0 Å². The first kappa shape index (κ1) is 27.7. The lowest BCUT2D eigenvalue weighted by atomic mass is 9.70. The molecule has 1 saturated heterocycles. The van der Waals surface area contributed by atoms with Crippen LogP contribution in [0.1, 0.15) is 61.1 Å². The molecule has 7 heteroatoms. The molecule has 1 aromatic heterocycles. The minimum absolute atomic E-state index is 0.262. The zero-order chi connectivity index (χ0) is 28.0. The topological polar surface area (TPSA) is 88.7 Å². The highest BCUT2D eigenvalue weighted by Crippen LogP contribution is 2.43. The molecule has 1 atom stereocenters. The first-order chi connectivity index (χ1) is 19.4. The largest absolute Gasteiger partial charge is 0.465 e. The summed E-state index contributed by atoms with van der Waals surface area (Å²) in [5.41, 5.74) is 2.29. The second-order valence-electron chi connectivity index (χ2n) is 10.7. The van der Waals surface area contributed by atoms with Gasteiger partial charge in [-0.1, -0.05) is 91.0 Å². The summed E-state index contributed by atoms with van der Waals surface area (Å²) in [6.45, 7) is 4.99. The Hall–Kier alpha value is -3.81. The Kier molecular flexibility index (Phi) is 8.43. The molecule has 2 heterocycles. The van der Waals surface area contributed by atoms with Gasteiger partial charge < -0.3 is 14.3 Å². The molecule has 0 bridgehead atoms. The summed E-state index contributed by atoms with van der Waals surface area (Å²) < 4.78 is 11.6. The van der Waals surface area contributed by atoms with Crippen molar-refractivity contribution in [3.05, 3.63) is 119 Å². The number of aliphatic hydroxyl groups is 1. The van der Waals surface area contributed by atoms with Crippen LogP contribution in [0.2, 0.25) is 0 Å². The van der Waals surface area contributed by atoms with Crippen molar-refractivity contribution in [2.24, 2.45) is 0 Å². The molecule has 40 heavy (non-hydrogen) atoms. The number of nitrogens with zero attached hydrogens (tertiary/aromatic N) is 3. The maximum absolute atomic E-state index is 11.7. The summed E-state index contributed by atoms with van der Waals surface area (Å²) >= 11 is 0. The van der Waals surface area contributed by atoms with Gasteiger partial charge in [-0.15, -0.1) is 10.2 Å². The number of hydrogen-bond donors (Lipinski definition) is 1. The predicted octanol–water partition coefficient (Wildman–Crippen LogP) is 5.41. The molecule has 0 spiro atoms. The normalized spacial score (nSPS) is 16.4. The number of rotatable bonds is 10. The van der Waals surface area contributed by atoms with Gasteiger partial charge in [0.15, 0.2) is 0 Å². The number of hydrogen-bond acceptors (Lipinski definition) is 7. The highest BCUT2D eigenvalue weighted by atomic mass is 16.5. The maximum Gasteiger partial charge on any atom is 0.302 e. The second kappa shape index (κ2) is 12.1. The van der Waals surface area contributed by atoms with Crippen LogP contribution in [0.25, 0.3) is 0 Å². The Morgan fingerprint density at radius 2 is 1.50 bits per heavy atom. The quantitative estimate of drug-likeness (QED) is 0.270. The molecule has 4 aromatic rings. The molecule has 7 nitrogen and oxygen atoms in total. The average molecular weight is 540 g/mol. The first-order valence-electron chi connectivity index (χ1n) is 14.0. The van der Waals surface area contributed by atoms with Gasteiger partial charge in [-0.2, -0.15) is 0 Å². The van der Waals surface area contributed by atoms with Gasteiger partial charge in [-0.3, -0.25) is 9.69 Å². The Balaban J connectivity index is 1.38. The zero-order valence-corrected chi connectivity index (χ0v) is 23.2. The third kappa shape index (κ3) is 5.71. The monoisotopic (exact) mass is 539 g/mol. The van der Waals surface area contributed by atoms with Gasteiger partial charge in [0.2, 0.25) is 11.8 Å². The van der Waals surface area contributed by atoms with Crippen molar-refractivity contribution in [3.8, 4) is 0 Å². The van der Waals surface area contributed by atoms with Gasteiger partial charge in [0.1, 0.15) is 12.8 Å². The van der Waals surface area contributed by atoms with E-state index in [0.717, 1.165) is 24.0 Å². The molecule has 3 aromatic carbocycles. The van der Waals surface area contributed by atoms with E-state index in [9.17, 15) is 9.90 Å². The van der Waals surface area contributed by atoms with E-state index in [0.29, 0.717) is 44.3 Å². The Bertz CT molecular complexity index is 1330. The van der Waals surface area contributed by atoms with Crippen LogP contribution in [0.4, 0.5) is 0 Å². The Morgan fingerprint density at radius 1 is 0.950 bits per heavy atom. The van der Waals surface area contributed by atoms with Crippen LogP contribution in [0.3, 0.4) is 0 Å². The van der Waals surface area contributed by atoms with E-state index in [1.54, 1.807) is 6.92 Å². The molecule has 1 aliphatic heterocycles. The van der Waals surface area contributed by atoms with Gasteiger partial charge >= 0.3 is 5.97 Å². The predicted molar refractivity (Wildman–Crippen MR) is 153 cm³/mol. The molecule has 1 fully saturated rings. The molecule has 0 radical (unpaired) electrons. The summed E-state index contributed by atoms with van der Waals surface area (Å²) in [5.74, 6) is 0.762. The minimum atomic E-state index is -0.705. The Labute approximate surface area is 235 Å². The molecular formula is C33H37N3O4. The van der Waals surface area contributed by atoms with E-state index in [4.69, 9.17) is 9.15 Å². The van der Waals surface area contributed by atoms with E-state index in [1.807, 2.05) is 54.6 Å². The van der Waals surface area contributed by atoms with Gasteiger partial charge in [0.05, 0.1) is 5.41 Å². The standard InChI is InChI=1S/C33H37N3O4/c1-25-34-35-31(40-25)33(28-14-8-4-9-15-28,29-16-10-5-11-17-29)19-18-30(38)36-22-20-32(21-23-36,24-39-26(2)37)27-12-6-3-7-13-27/h3-17,30,38H,18-24H2,1-2H3. The summed E-state index contributed by atoms with van der Waals surface area (Å²) in [6.07, 6.45) is 2.00. The third-order valence-corrected chi connectivity index (χ3v) is 8.32. The fourth-order valence-electron chi connectivity index (χ4n) is 6.05. The summed E-state index contributed by atoms with van der Waals surface area (Å²) in [6, 6.07) is 30.7. The third-order valence-electron chi connectivity index (χ3n) is 8.32. The number of aryl methyl sites for hydroxylation is 1. The van der Waals surface area contributed by atoms with Crippen LogP contribution in [-0.2, 0) is 20.4 Å². The van der Waals surface area contributed by atoms with Gasteiger partial charge in [-0.25, -0.2) is 0 Å². The van der Waals surface area contributed by atoms with Crippen molar-refractivity contribution in [2.45, 2.75) is 56.6 Å². The second-order valence-corrected chi connectivity index (χ2v) is 10.7. The van der Waals surface area contributed by atoms with E-state index < -0.39 is 11.6 Å². The molecule has 1 aliphatic rings. The lowest BCUT2D eigenvalue weighted by Gasteiger charge is -2.43. The van der Waals surface area contributed by atoms with Crippen LogP contribution in [0, 0.1) is 6.92 Å². The van der Waals surface area contributed by atoms with Gasteiger partial charge in [0, 0.05) is 32.4 Å². The molecule has 208 valence electrons. The number of aromatic nitrogens is 2. The number of carbonyl (C=O) groups excluding carboxylic acids is 1. The average Bonchev–Trinajstić information content (AvgIpc) is 3.44. The van der Waals surface area contributed by atoms with Crippen LogP contribution in [-0.4, -0.2) is 52.1 Å². The van der Waals surface area contributed by atoms with Gasteiger partial charge in [-0.05, 0) is 42.4 Å². The number of likely N-dealkylation sites (tertiary alicyclic amines) is 1. The highest BCUT2D eigenvalue weighted by molar-refractivity contribution is 5.66. The molecule has 0 amide bonds. The van der Waals surface area contributed by atoms with Crippen molar-refractivity contribution in [2.75, 3.05) is 19.7 Å². The number of esters is 1. The highest BCUT2D eigenvalue weighted by Gasteiger charge is 2.43. The summed E-state index contributed by atoms with van der Waals surface area (Å²) in [4.78, 5) is 13.8. The fraction of sp³-hybridized carbons (Fsp3) is 0.364. The molecule has 5 rings (SSSR count). The van der Waals surface area contributed by atoms with Crippen molar-refractivity contribution in [1.82, 2.24) is 15.1 Å².